The molecule has 0 amide bonds. The summed E-state index contributed by atoms with van der Waals surface area (Å²) in [6.07, 6.45) is 0. The first kappa shape index (κ1) is 21.7. The van der Waals surface area contributed by atoms with Crippen molar-refractivity contribution in [2.45, 2.75) is 35.5 Å². The molecule has 2 rings (SSSR count). The van der Waals surface area contributed by atoms with E-state index in [1.54, 1.807) is 0 Å². The number of alkyl halides is 11. The summed E-state index contributed by atoms with van der Waals surface area (Å²) in [5, 5.41) is 0. The minimum atomic E-state index is -7.38. The van der Waals surface area contributed by atoms with Gasteiger partial charge in [0.15, 0.2) is 0 Å². The molecule has 0 aromatic heterocycles. The molecular formula is C12H5F11O3S. The van der Waals surface area contributed by atoms with E-state index in [-0.39, 0.29) is 0 Å². The second-order valence-electron chi connectivity index (χ2n) is 5.15. The molecule has 1 saturated carbocycles. The van der Waals surface area contributed by atoms with Gasteiger partial charge in [0, 0.05) is 0 Å². The monoisotopic (exact) mass is 438 g/mol. The van der Waals surface area contributed by atoms with Crippen molar-refractivity contribution < 1.29 is 60.9 Å². The summed E-state index contributed by atoms with van der Waals surface area (Å²) in [5.74, 6) is -44.0. The lowest BCUT2D eigenvalue weighted by Crippen LogP contribution is -2.84. The van der Waals surface area contributed by atoms with E-state index >= 15 is 0 Å². The van der Waals surface area contributed by atoms with Gasteiger partial charge in [-0.25, -0.2) is 4.18 Å². The van der Waals surface area contributed by atoms with Gasteiger partial charge >= 0.3 is 46.8 Å². The average Bonchev–Trinajstić information content (AvgIpc) is 2.53. The molecule has 1 aromatic carbocycles. The van der Waals surface area contributed by atoms with Gasteiger partial charge in [-0.3, -0.25) is 0 Å². The highest BCUT2D eigenvalue weighted by Gasteiger charge is 3.02. The molecule has 3 nitrogen and oxygen atoms in total. The van der Waals surface area contributed by atoms with E-state index in [1.165, 1.54) is 6.07 Å². The van der Waals surface area contributed by atoms with Crippen molar-refractivity contribution >= 4 is 11.4 Å². The fourth-order valence-corrected chi connectivity index (χ4v) is 2.66. The fourth-order valence-electron chi connectivity index (χ4n) is 1.96. The quantitative estimate of drug-likeness (QED) is 0.649. The molecule has 0 N–H and O–H groups in total. The molecule has 1 aliphatic carbocycles. The normalized spacial score (nSPS) is 27.5. The maximum Gasteiger partial charge on any atom is 0.384 e. The third kappa shape index (κ3) is 2.53. The van der Waals surface area contributed by atoms with Crippen LogP contribution < -0.4 is 4.18 Å². The molecular weight excluding hydrogens is 433 g/mol. The molecule has 0 spiro atoms. The van der Waals surface area contributed by atoms with Crippen LogP contribution in [0.2, 0.25) is 0 Å². The van der Waals surface area contributed by atoms with E-state index in [1.807, 2.05) is 0 Å². The zero-order valence-corrected chi connectivity index (χ0v) is 13.0. The summed E-state index contributed by atoms with van der Waals surface area (Å²) in [6, 6.07) is 5.32. The van der Waals surface area contributed by atoms with Gasteiger partial charge in [-0.1, -0.05) is 18.2 Å². The van der Waals surface area contributed by atoms with Crippen LogP contribution in [0.25, 0.3) is 0 Å². The molecule has 27 heavy (non-hydrogen) atoms. The largest absolute Gasteiger partial charge is 0.384 e. The van der Waals surface area contributed by atoms with Crippen LogP contribution >= 0.6 is 0 Å². The van der Waals surface area contributed by atoms with Gasteiger partial charge in [-0.2, -0.15) is 52.5 Å². The van der Waals surface area contributed by atoms with E-state index < -0.39 is 52.6 Å². The molecule has 1 atom stereocenters. The van der Waals surface area contributed by atoms with Crippen molar-refractivity contribution in [3.8, 4) is 5.75 Å². The molecule has 1 fully saturated rings. The minimum Gasteiger partial charge on any atom is -0.380 e. The smallest absolute Gasteiger partial charge is 0.380 e. The van der Waals surface area contributed by atoms with Crippen LogP contribution in [0.15, 0.2) is 30.3 Å². The van der Waals surface area contributed by atoms with Gasteiger partial charge in [-0.05, 0) is 12.1 Å². The molecule has 1 unspecified atom stereocenters. The zero-order chi connectivity index (χ0) is 21.1. The Hall–Kier alpha value is -1.64. The van der Waals surface area contributed by atoms with Gasteiger partial charge in [0.2, 0.25) is 0 Å². The van der Waals surface area contributed by atoms with Crippen LogP contribution in [0.4, 0.5) is 48.3 Å². The first-order valence-corrected chi connectivity index (χ1v) is 7.40. The van der Waals surface area contributed by atoms with Crippen molar-refractivity contribution in [3.63, 3.8) is 0 Å². The topological polar surface area (TPSA) is 35.5 Å². The lowest BCUT2D eigenvalue weighted by molar-refractivity contribution is -0.513. The maximum atomic E-state index is 14.1. The number of halogens is 11. The Morgan fingerprint density at radius 2 is 1.00 bits per heavy atom. The van der Waals surface area contributed by atoms with Crippen molar-refractivity contribution in [2.24, 2.45) is 0 Å². The van der Waals surface area contributed by atoms with E-state index in [0.29, 0.717) is 0 Å². The third-order valence-electron chi connectivity index (χ3n) is 3.48. The molecule has 0 radical (unpaired) electrons. The van der Waals surface area contributed by atoms with Gasteiger partial charge in [-0.15, -0.1) is 0 Å². The summed E-state index contributed by atoms with van der Waals surface area (Å²) >= 11 is -4.14. The predicted molar refractivity (Wildman–Crippen MR) is 64.9 cm³/mol. The van der Waals surface area contributed by atoms with Gasteiger partial charge in [0.1, 0.15) is 5.75 Å². The van der Waals surface area contributed by atoms with Gasteiger partial charge in [0.25, 0.3) is 0 Å². The molecule has 0 aliphatic heterocycles. The standard InChI is InChI=1S/C12H5F11O3S/c13-7(14)8(15,16)10(19,20)12(23,11(21,22)9(7,17)18)26-27(24)25-6-4-2-1-3-5-6/h1-5H. The predicted octanol–water partition coefficient (Wildman–Crippen LogP) is 4.52. The van der Waals surface area contributed by atoms with Crippen molar-refractivity contribution in [3.05, 3.63) is 30.3 Å². The summed E-state index contributed by atoms with van der Waals surface area (Å²) < 4.78 is 165. The van der Waals surface area contributed by atoms with Crippen LogP contribution in [-0.2, 0) is 15.5 Å². The first-order valence-electron chi connectivity index (χ1n) is 6.40. The molecule has 15 heteroatoms. The first-order chi connectivity index (χ1) is 12.0. The fraction of sp³-hybridized carbons (Fsp3) is 0.500. The molecule has 1 aliphatic rings. The number of hydrogen-bond acceptors (Lipinski definition) is 3. The van der Waals surface area contributed by atoms with E-state index in [0.717, 1.165) is 24.3 Å². The minimum absolute atomic E-state index is 0.634. The molecule has 1 aromatic rings. The Morgan fingerprint density at radius 1 is 0.630 bits per heavy atom. The Morgan fingerprint density at radius 3 is 1.41 bits per heavy atom. The number of benzene rings is 1. The molecule has 154 valence electrons. The Balaban J connectivity index is 2.52. The second-order valence-corrected chi connectivity index (χ2v) is 5.89. The second kappa shape index (κ2) is 5.93. The van der Waals surface area contributed by atoms with Crippen molar-refractivity contribution in [2.75, 3.05) is 0 Å². The average molecular weight is 438 g/mol. The Labute approximate surface area is 144 Å². The van der Waals surface area contributed by atoms with Crippen LogP contribution in [0, 0.1) is 0 Å². The van der Waals surface area contributed by atoms with Crippen LogP contribution in [0.5, 0.6) is 5.75 Å². The van der Waals surface area contributed by atoms with E-state index in [9.17, 15) is 52.5 Å². The highest BCUT2D eigenvalue weighted by Crippen LogP contribution is 2.69. The maximum absolute atomic E-state index is 14.1. The van der Waals surface area contributed by atoms with Crippen LogP contribution in [-0.4, -0.2) is 39.7 Å². The summed E-state index contributed by atoms with van der Waals surface area (Å²) in [5.41, 5.74) is 0. The molecule has 0 bridgehead atoms. The van der Waals surface area contributed by atoms with E-state index in [2.05, 4.69) is 8.37 Å². The molecule has 0 heterocycles. The lowest BCUT2D eigenvalue weighted by atomic mass is 9.79. The summed E-state index contributed by atoms with van der Waals surface area (Å²) in [4.78, 5) is 0. The number of hydrogen-bond donors (Lipinski definition) is 0. The molecule has 0 saturated heterocycles. The van der Waals surface area contributed by atoms with Crippen LogP contribution in [0.3, 0.4) is 0 Å². The Bertz CT molecular complexity index is 707. The van der Waals surface area contributed by atoms with Crippen LogP contribution in [0.1, 0.15) is 0 Å². The highest BCUT2D eigenvalue weighted by atomic mass is 32.2. The Kier molecular flexibility index (Phi) is 4.75. The zero-order valence-electron chi connectivity index (χ0n) is 12.2. The number of para-hydroxylation sites is 1. The van der Waals surface area contributed by atoms with Crippen molar-refractivity contribution in [1.82, 2.24) is 0 Å². The third-order valence-corrected chi connectivity index (χ3v) is 4.17. The lowest BCUT2D eigenvalue weighted by Gasteiger charge is -2.50. The SMILES string of the molecule is O=S(Oc1ccccc1)OC1(F)C(F)(F)C(F)(F)C(F)(F)C(F)(F)C1(F)F. The number of rotatable bonds is 4. The van der Waals surface area contributed by atoms with Crippen molar-refractivity contribution in [1.29, 1.82) is 0 Å². The summed E-state index contributed by atoms with van der Waals surface area (Å²) in [7, 11) is 0. The summed E-state index contributed by atoms with van der Waals surface area (Å²) in [6.45, 7) is 0. The highest BCUT2D eigenvalue weighted by molar-refractivity contribution is 7.75. The van der Waals surface area contributed by atoms with E-state index in [4.69, 9.17) is 0 Å². The van der Waals surface area contributed by atoms with Gasteiger partial charge < -0.3 is 4.18 Å². The van der Waals surface area contributed by atoms with Gasteiger partial charge in [0.05, 0.1) is 0 Å².